The van der Waals surface area contributed by atoms with Crippen molar-refractivity contribution in [2.45, 2.75) is 19.4 Å². The largest absolute Gasteiger partial charge is 0.480 e. The summed E-state index contributed by atoms with van der Waals surface area (Å²) in [7, 11) is 0. The molecule has 0 saturated carbocycles. The fraction of sp³-hybridized carbons (Fsp3) is 0.462. The Balaban J connectivity index is 2.08. The Hall–Kier alpha value is -2.15. The Morgan fingerprint density at radius 3 is 2.75 bits per heavy atom. The summed E-state index contributed by atoms with van der Waals surface area (Å²) in [4.78, 5) is 22.9. The molecule has 0 atom stereocenters. The molecule has 0 amide bonds. The van der Waals surface area contributed by atoms with Gasteiger partial charge in [-0.15, -0.1) is 0 Å². The summed E-state index contributed by atoms with van der Waals surface area (Å²) in [6, 6.07) is 4.94. The number of nitro groups is 1. The summed E-state index contributed by atoms with van der Waals surface area (Å²) in [5.74, 6) is -1.00. The average molecular weight is 280 g/mol. The summed E-state index contributed by atoms with van der Waals surface area (Å²) in [6.45, 7) is 4.24. The summed E-state index contributed by atoms with van der Waals surface area (Å²) in [5, 5.41) is 19.5. The van der Waals surface area contributed by atoms with Gasteiger partial charge in [0.1, 0.15) is 12.2 Å². The zero-order chi connectivity index (χ0) is 14.9. The number of rotatable bonds is 5. The SMILES string of the molecule is Cc1c(N2CC(C)(OCC(=O)O)C2)cccc1[N+](=O)[O-]. The lowest BCUT2D eigenvalue weighted by atomic mass is 9.94. The van der Waals surface area contributed by atoms with Crippen molar-refractivity contribution in [1.29, 1.82) is 0 Å². The molecule has 1 aromatic carbocycles. The van der Waals surface area contributed by atoms with E-state index in [4.69, 9.17) is 9.84 Å². The highest BCUT2D eigenvalue weighted by Crippen LogP contribution is 2.35. The number of aliphatic carboxylic acids is 1. The summed E-state index contributed by atoms with van der Waals surface area (Å²) < 4.78 is 5.32. The van der Waals surface area contributed by atoms with Crippen molar-refractivity contribution in [2.24, 2.45) is 0 Å². The zero-order valence-electron chi connectivity index (χ0n) is 11.3. The van der Waals surface area contributed by atoms with Gasteiger partial charge in [-0.05, 0) is 19.9 Å². The fourth-order valence-corrected chi connectivity index (χ4v) is 2.41. The molecule has 1 fully saturated rings. The Labute approximate surface area is 115 Å². The van der Waals surface area contributed by atoms with Gasteiger partial charge in [0.05, 0.1) is 10.5 Å². The minimum Gasteiger partial charge on any atom is -0.480 e. The maximum Gasteiger partial charge on any atom is 0.329 e. The van der Waals surface area contributed by atoms with Gasteiger partial charge in [-0.2, -0.15) is 0 Å². The number of nitro benzene ring substituents is 1. The fourth-order valence-electron chi connectivity index (χ4n) is 2.41. The Morgan fingerprint density at radius 2 is 2.20 bits per heavy atom. The smallest absolute Gasteiger partial charge is 0.329 e. The van der Waals surface area contributed by atoms with Crippen LogP contribution in [0, 0.1) is 17.0 Å². The van der Waals surface area contributed by atoms with Crippen LogP contribution >= 0.6 is 0 Å². The number of carboxylic acid groups (broad SMARTS) is 1. The zero-order valence-corrected chi connectivity index (χ0v) is 11.3. The topological polar surface area (TPSA) is 92.9 Å². The first-order valence-corrected chi connectivity index (χ1v) is 6.17. The Kier molecular flexibility index (Phi) is 3.63. The lowest BCUT2D eigenvalue weighted by Gasteiger charge is -2.49. The first-order valence-electron chi connectivity index (χ1n) is 6.17. The summed E-state index contributed by atoms with van der Waals surface area (Å²) in [6.07, 6.45) is 0. The van der Waals surface area contributed by atoms with E-state index in [0.717, 1.165) is 5.69 Å². The number of anilines is 1. The van der Waals surface area contributed by atoms with Gasteiger partial charge in [0.15, 0.2) is 0 Å². The molecule has 0 spiro atoms. The van der Waals surface area contributed by atoms with Crippen molar-refractivity contribution in [2.75, 3.05) is 24.6 Å². The third-order valence-corrected chi connectivity index (χ3v) is 3.41. The van der Waals surface area contributed by atoms with E-state index in [1.54, 1.807) is 13.0 Å². The number of hydrogen-bond donors (Lipinski definition) is 1. The molecule has 1 heterocycles. The van der Waals surface area contributed by atoms with Crippen molar-refractivity contribution < 1.29 is 19.6 Å². The Morgan fingerprint density at radius 1 is 1.55 bits per heavy atom. The van der Waals surface area contributed by atoms with E-state index in [1.807, 2.05) is 17.9 Å². The maximum absolute atomic E-state index is 10.9. The number of carbonyl (C=O) groups is 1. The van der Waals surface area contributed by atoms with Crippen LogP contribution in [-0.2, 0) is 9.53 Å². The van der Waals surface area contributed by atoms with Crippen LogP contribution < -0.4 is 4.90 Å². The molecule has 2 rings (SSSR count). The van der Waals surface area contributed by atoms with Crippen LogP contribution in [0.15, 0.2) is 18.2 Å². The molecular formula is C13H16N2O5. The number of ether oxygens (including phenoxy) is 1. The number of hydrogen-bond acceptors (Lipinski definition) is 5. The second-order valence-corrected chi connectivity index (χ2v) is 5.17. The van der Waals surface area contributed by atoms with Gasteiger partial charge in [0.25, 0.3) is 5.69 Å². The van der Waals surface area contributed by atoms with Gasteiger partial charge >= 0.3 is 5.97 Å². The van der Waals surface area contributed by atoms with Crippen molar-refractivity contribution in [1.82, 2.24) is 0 Å². The first-order chi connectivity index (χ1) is 9.32. The monoisotopic (exact) mass is 280 g/mol. The lowest BCUT2D eigenvalue weighted by Crippen LogP contribution is -2.62. The number of carboxylic acids is 1. The van der Waals surface area contributed by atoms with Crippen LogP contribution in [0.1, 0.15) is 12.5 Å². The van der Waals surface area contributed by atoms with Crippen LogP contribution in [0.3, 0.4) is 0 Å². The number of nitrogens with zero attached hydrogens (tertiary/aromatic N) is 2. The second-order valence-electron chi connectivity index (χ2n) is 5.17. The molecule has 1 N–H and O–H groups in total. The van der Waals surface area contributed by atoms with Crippen molar-refractivity contribution in [3.05, 3.63) is 33.9 Å². The molecule has 1 aliphatic heterocycles. The van der Waals surface area contributed by atoms with Gasteiger partial charge < -0.3 is 14.7 Å². The molecule has 108 valence electrons. The molecule has 0 radical (unpaired) electrons. The van der Waals surface area contributed by atoms with E-state index < -0.39 is 16.5 Å². The quantitative estimate of drug-likeness (QED) is 0.650. The molecule has 0 unspecified atom stereocenters. The van der Waals surface area contributed by atoms with Crippen LogP contribution in [0.2, 0.25) is 0 Å². The van der Waals surface area contributed by atoms with Crippen LogP contribution in [0.4, 0.5) is 11.4 Å². The van der Waals surface area contributed by atoms with E-state index in [-0.39, 0.29) is 12.3 Å². The minimum atomic E-state index is -1.00. The third-order valence-electron chi connectivity index (χ3n) is 3.41. The predicted octanol–water partition coefficient (Wildman–Crippen LogP) is 1.58. The Bertz CT molecular complexity index is 552. The third kappa shape index (κ3) is 2.72. The standard InChI is InChI=1S/C13H16N2O5/c1-9-10(4-3-5-11(9)15(18)19)14-7-13(2,8-14)20-6-12(16)17/h3-5H,6-8H2,1-2H3,(H,16,17). The van der Waals surface area contributed by atoms with Crippen LogP contribution in [0.5, 0.6) is 0 Å². The van der Waals surface area contributed by atoms with E-state index in [9.17, 15) is 14.9 Å². The van der Waals surface area contributed by atoms with Crippen molar-refractivity contribution >= 4 is 17.3 Å². The molecule has 7 heteroatoms. The molecule has 1 aromatic rings. The van der Waals surface area contributed by atoms with E-state index in [2.05, 4.69) is 0 Å². The highest BCUT2D eigenvalue weighted by Gasteiger charge is 2.41. The van der Waals surface area contributed by atoms with E-state index >= 15 is 0 Å². The normalized spacial score (nSPS) is 16.6. The van der Waals surface area contributed by atoms with Crippen LogP contribution in [-0.4, -0.2) is 41.3 Å². The average Bonchev–Trinajstić information content (AvgIpc) is 2.33. The predicted molar refractivity (Wildman–Crippen MR) is 72.0 cm³/mol. The van der Waals surface area contributed by atoms with Crippen molar-refractivity contribution in [3.8, 4) is 0 Å². The minimum absolute atomic E-state index is 0.0857. The second kappa shape index (κ2) is 5.09. The lowest BCUT2D eigenvalue weighted by molar-refractivity contribution is -0.385. The van der Waals surface area contributed by atoms with Gasteiger partial charge in [0, 0.05) is 24.8 Å². The molecule has 0 bridgehead atoms. The van der Waals surface area contributed by atoms with Gasteiger partial charge in [-0.3, -0.25) is 10.1 Å². The van der Waals surface area contributed by atoms with Gasteiger partial charge in [-0.25, -0.2) is 4.79 Å². The molecular weight excluding hydrogens is 264 g/mol. The molecule has 1 aliphatic rings. The highest BCUT2D eigenvalue weighted by molar-refractivity contribution is 5.68. The van der Waals surface area contributed by atoms with E-state index in [0.29, 0.717) is 18.7 Å². The molecule has 7 nitrogen and oxygen atoms in total. The number of benzene rings is 1. The molecule has 0 aromatic heterocycles. The highest BCUT2D eigenvalue weighted by atomic mass is 16.6. The first kappa shape index (κ1) is 14.3. The molecule has 0 aliphatic carbocycles. The maximum atomic E-state index is 10.9. The van der Waals surface area contributed by atoms with Crippen molar-refractivity contribution in [3.63, 3.8) is 0 Å². The van der Waals surface area contributed by atoms with Crippen LogP contribution in [0.25, 0.3) is 0 Å². The van der Waals surface area contributed by atoms with Gasteiger partial charge in [-0.1, -0.05) is 6.07 Å². The summed E-state index contributed by atoms with van der Waals surface area (Å²) in [5.41, 5.74) is 0.964. The molecule has 20 heavy (non-hydrogen) atoms. The molecule has 1 saturated heterocycles. The van der Waals surface area contributed by atoms with Gasteiger partial charge in [0.2, 0.25) is 0 Å². The summed E-state index contributed by atoms with van der Waals surface area (Å²) >= 11 is 0. The van der Waals surface area contributed by atoms with E-state index in [1.165, 1.54) is 6.07 Å².